The molecule has 6 aromatic heterocycles. The first-order chi connectivity index (χ1) is 60.9. The van der Waals surface area contributed by atoms with Crippen LogP contribution in [0, 0.1) is 0 Å². The number of para-hydroxylation sites is 5. The number of aromatic nitrogens is 7. The van der Waals surface area contributed by atoms with E-state index in [0.29, 0.717) is 17.5 Å². The van der Waals surface area contributed by atoms with Crippen molar-refractivity contribution in [1.82, 2.24) is 34.9 Å². The molecule has 0 bridgehead atoms. The Morgan fingerprint density at radius 1 is 0.171 bits per heavy atom. The van der Waals surface area contributed by atoms with Gasteiger partial charge in [0.25, 0.3) is 0 Å². The lowest BCUT2D eigenvalue weighted by Gasteiger charge is -2.12. The standard InChI is InChI=1S/C43H27N3O.C38H24N2S.C32H20N2S/c1-2-8-28(9-3-1)30-14-19-32(20-15-30)41-44-42(46-43(45-41)36-23-18-29-10-4-5-11-34(29)26-36)33-21-16-31(17-22-33)35-24-25-38-37-12-6-7-13-39(37)47-40(38)27-35;1-2-9-25(10-3-1)26-17-21-28(22-18-26)37-38(40-33-14-6-5-13-32(33)39-37)29-23-19-27(20-24-29)30-12-8-16-35-36(30)31-11-4-7-15-34(31)41-35;1-2-9-21(10-3-1)22-17-19-23(20-18-22)31-32(34-27-14-6-5-13-26(27)33-31)25-12-8-16-29-30(25)24-11-4-7-15-28(24)35-29/h1-27H;1-24H;1-20H. The molecule has 6 heterocycles. The van der Waals surface area contributed by atoms with E-state index in [1.165, 1.54) is 84.7 Å². The van der Waals surface area contributed by atoms with Crippen molar-refractivity contribution in [2.75, 3.05) is 0 Å². The molecule has 0 saturated carbocycles. The van der Waals surface area contributed by atoms with E-state index >= 15 is 0 Å². The highest BCUT2D eigenvalue weighted by Gasteiger charge is 2.22. The van der Waals surface area contributed by atoms with E-state index in [4.69, 9.17) is 39.3 Å². The normalized spacial score (nSPS) is 11.4. The summed E-state index contributed by atoms with van der Waals surface area (Å²) < 4.78 is 11.3. The van der Waals surface area contributed by atoms with E-state index in [2.05, 4.69) is 346 Å². The molecule has 0 radical (unpaired) electrons. The fourth-order valence-corrected chi connectivity index (χ4v) is 19.0. The Morgan fingerprint density at radius 2 is 0.496 bits per heavy atom. The summed E-state index contributed by atoms with van der Waals surface area (Å²) in [6, 6.07) is 150. The molecule has 0 atom stereocenters. The van der Waals surface area contributed by atoms with Crippen molar-refractivity contribution in [2.24, 2.45) is 0 Å². The molecule has 0 fully saturated rings. The van der Waals surface area contributed by atoms with Crippen LogP contribution < -0.4 is 0 Å². The number of furan rings is 1. The van der Waals surface area contributed by atoms with Gasteiger partial charge in [0.15, 0.2) is 17.5 Å². The van der Waals surface area contributed by atoms with Crippen LogP contribution in [0.25, 0.3) is 230 Å². The van der Waals surface area contributed by atoms with Gasteiger partial charge in [0.05, 0.1) is 44.8 Å². The molecule has 10 heteroatoms. The Morgan fingerprint density at radius 3 is 0.992 bits per heavy atom. The minimum atomic E-state index is 0.629. The minimum Gasteiger partial charge on any atom is -0.456 e. The molecule has 123 heavy (non-hydrogen) atoms. The lowest BCUT2D eigenvalue weighted by Crippen LogP contribution is -2.00. The summed E-state index contributed by atoms with van der Waals surface area (Å²) >= 11 is 3.68. The van der Waals surface area contributed by atoms with Crippen molar-refractivity contribution < 1.29 is 4.42 Å². The second-order valence-corrected chi connectivity index (χ2v) is 32.7. The zero-order valence-corrected chi connectivity index (χ0v) is 68.0. The van der Waals surface area contributed by atoms with E-state index in [0.717, 1.165) is 128 Å². The zero-order chi connectivity index (χ0) is 81.5. The maximum Gasteiger partial charge on any atom is 0.164 e. The molecule has 24 rings (SSSR count). The number of hydrogen-bond acceptors (Lipinski definition) is 10. The van der Waals surface area contributed by atoms with E-state index < -0.39 is 0 Å². The summed E-state index contributed by atoms with van der Waals surface area (Å²) in [5.41, 5.74) is 27.8. The highest BCUT2D eigenvalue weighted by Crippen LogP contribution is 2.45. The largest absolute Gasteiger partial charge is 0.456 e. The third-order valence-corrected chi connectivity index (χ3v) is 25.2. The summed E-state index contributed by atoms with van der Waals surface area (Å²) in [5.74, 6) is 1.91. The highest BCUT2D eigenvalue weighted by molar-refractivity contribution is 7.26. The molecular weight excluding hydrogens is 1540 g/mol. The number of benzene rings is 18. The number of nitrogens with zero attached hydrogens (tertiary/aromatic N) is 7. The topological polar surface area (TPSA) is 103 Å². The molecule has 0 aliphatic rings. The summed E-state index contributed by atoms with van der Waals surface area (Å²) in [4.78, 5) is 35.5. The molecule has 18 aromatic carbocycles. The maximum absolute atomic E-state index is 6.15. The molecule has 0 aliphatic carbocycles. The molecule has 576 valence electrons. The van der Waals surface area contributed by atoms with Crippen LogP contribution in [0.5, 0.6) is 0 Å². The Hall–Kier alpha value is -15.9. The first-order valence-corrected chi connectivity index (χ1v) is 42.8. The molecule has 0 aliphatic heterocycles. The number of thiophene rings is 2. The van der Waals surface area contributed by atoms with Gasteiger partial charge in [0, 0.05) is 90.1 Å². The first kappa shape index (κ1) is 73.5. The van der Waals surface area contributed by atoms with E-state index in [1.807, 2.05) is 108 Å². The number of rotatable bonds is 12. The molecule has 0 unspecified atom stereocenters. The molecule has 0 spiro atoms. The Balaban J connectivity index is 0.000000111. The van der Waals surface area contributed by atoms with Gasteiger partial charge in [-0.1, -0.05) is 358 Å². The fraction of sp³-hybridized carbons (Fsp3) is 0. The SMILES string of the molecule is c1ccc(-c2ccc(-c3nc(-c4ccc(-c5ccc6c(c5)oc5ccccc56)cc4)nc(-c4ccc5ccccc5c4)n3)cc2)cc1.c1ccc(-c2ccc(-c3nc4ccccc4nc3-c3ccc(-c4cccc5sc6ccccc6c45)cc3)cc2)cc1.c1ccc(-c2ccc(-c3nc4ccccc4nc3-c3cccc4sc5ccccc5c34)cc2)cc1. The predicted octanol–water partition coefficient (Wildman–Crippen LogP) is 30.9. The Bertz CT molecular complexity index is 8080. The van der Waals surface area contributed by atoms with Crippen LogP contribution in [0.1, 0.15) is 0 Å². The molecule has 0 N–H and O–H groups in total. The van der Waals surface area contributed by atoms with Crippen LogP contribution in [0.15, 0.2) is 435 Å². The number of fused-ring (bicyclic) bond motifs is 12. The van der Waals surface area contributed by atoms with Gasteiger partial charge in [-0.15, -0.1) is 22.7 Å². The van der Waals surface area contributed by atoms with Crippen molar-refractivity contribution in [2.45, 2.75) is 0 Å². The second kappa shape index (κ2) is 32.1. The predicted molar refractivity (Wildman–Crippen MR) is 515 cm³/mol. The fourth-order valence-electron chi connectivity index (χ4n) is 16.7. The first-order valence-electron chi connectivity index (χ1n) is 41.1. The van der Waals surface area contributed by atoms with Gasteiger partial charge in [-0.25, -0.2) is 34.9 Å². The average molecular weight is 1610 g/mol. The van der Waals surface area contributed by atoms with Crippen molar-refractivity contribution in [1.29, 1.82) is 0 Å². The van der Waals surface area contributed by atoms with Gasteiger partial charge < -0.3 is 4.42 Å². The molecule has 8 nitrogen and oxygen atoms in total. The third kappa shape index (κ3) is 14.5. The van der Waals surface area contributed by atoms with E-state index in [9.17, 15) is 0 Å². The average Bonchev–Trinajstić information content (AvgIpc) is 1.65. The molecule has 0 saturated heterocycles. The van der Waals surface area contributed by atoms with Crippen LogP contribution in [-0.2, 0) is 0 Å². The Kier molecular flexibility index (Phi) is 19.2. The van der Waals surface area contributed by atoms with Crippen molar-refractivity contribution >= 4 is 118 Å². The van der Waals surface area contributed by atoms with Crippen molar-refractivity contribution in [3.8, 4) is 135 Å². The van der Waals surface area contributed by atoms with Gasteiger partial charge in [-0.2, -0.15) is 0 Å². The Labute approximate surface area is 717 Å². The van der Waals surface area contributed by atoms with Crippen LogP contribution in [-0.4, -0.2) is 34.9 Å². The van der Waals surface area contributed by atoms with Crippen LogP contribution in [0.4, 0.5) is 0 Å². The molecule has 24 aromatic rings. The van der Waals surface area contributed by atoms with Crippen molar-refractivity contribution in [3.63, 3.8) is 0 Å². The molecular formula is C113H71N7OS2. The van der Waals surface area contributed by atoms with Gasteiger partial charge >= 0.3 is 0 Å². The van der Waals surface area contributed by atoms with Crippen molar-refractivity contribution in [3.05, 3.63) is 431 Å². The highest BCUT2D eigenvalue weighted by atomic mass is 32.1. The summed E-state index contributed by atoms with van der Waals surface area (Å²) in [7, 11) is 0. The van der Waals surface area contributed by atoms with Crippen LogP contribution in [0.2, 0.25) is 0 Å². The van der Waals surface area contributed by atoms with Gasteiger partial charge in [0.1, 0.15) is 11.2 Å². The summed E-state index contributed by atoms with van der Waals surface area (Å²) in [5, 5.41) is 9.73. The lowest BCUT2D eigenvalue weighted by molar-refractivity contribution is 0.669. The van der Waals surface area contributed by atoms with Crippen LogP contribution >= 0.6 is 22.7 Å². The minimum absolute atomic E-state index is 0.629. The van der Waals surface area contributed by atoms with Gasteiger partial charge in [0.2, 0.25) is 0 Å². The lowest BCUT2D eigenvalue weighted by atomic mass is 9.96. The van der Waals surface area contributed by atoms with Gasteiger partial charge in [-0.3, -0.25) is 0 Å². The van der Waals surface area contributed by atoms with E-state index in [-0.39, 0.29) is 0 Å². The second-order valence-electron chi connectivity index (χ2n) is 30.5. The van der Waals surface area contributed by atoms with Gasteiger partial charge in [-0.05, 0) is 139 Å². The maximum atomic E-state index is 6.15. The third-order valence-electron chi connectivity index (χ3n) is 23.0. The monoisotopic (exact) mass is 1610 g/mol. The smallest absolute Gasteiger partial charge is 0.164 e. The molecule has 0 amide bonds. The van der Waals surface area contributed by atoms with E-state index in [1.54, 1.807) is 0 Å². The number of hydrogen-bond donors (Lipinski definition) is 0. The summed E-state index contributed by atoms with van der Waals surface area (Å²) in [6.45, 7) is 0. The van der Waals surface area contributed by atoms with Crippen LogP contribution in [0.3, 0.4) is 0 Å². The zero-order valence-electron chi connectivity index (χ0n) is 66.3. The summed E-state index contributed by atoms with van der Waals surface area (Å²) in [6.07, 6.45) is 0. The quantitative estimate of drug-likeness (QED) is 0.119.